The fourth-order valence-corrected chi connectivity index (χ4v) is 1.89. The van der Waals surface area contributed by atoms with Crippen molar-refractivity contribution in [3.63, 3.8) is 0 Å². The summed E-state index contributed by atoms with van der Waals surface area (Å²) in [5.74, 6) is 0. The number of aromatic nitrogens is 3. The van der Waals surface area contributed by atoms with Crippen LogP contribution in [0.3, 0.4) is 0 Å². The molecule has 1 aromatic heterocycles. The molecule has 0 unspecified atom stereocenters. The lowest BCUT2D eigenvalue weighted by Crippen LogP contribution is -1.91. The van der Waals surface area contributed by atoms with Crippen LogP contribution in [0, 0.1) is 6.92 Å². The van der Waals surface area contributed by atoms with Gasteiger partial charge in [-0.1, -0.05) is 22.0 Å². The first kappa shape index (κ1) is 8.69. The minimum atomic E-state index is 0.941. The third-order valence-electron chi connectivity index (χ3n) is 2.22. The lowest BCUT2D eigenvalue weighted by Gasteiger charge is -2.02. The van der Waals surface area contributed by atoms with Crippen LogP contribution in [0.25, 0.3) is 11.0 Å². The van der Waals surface area contributed by atoms with Crippen LogP contribution in [-0.2, 0) is 6.42 Å². The third-order valence-corrected chi connectivity index (χ3v) is 2.61. The Kier molecular flexibility index (Phi) is 2.31. The number of hydrogen-bond acceptors (Lipinski definition) is 2. The highest BCUT2D eigenvalue weighted by Gasteiger charge is 2.05. The average molecular weight is 240 g/mol. The number of rotatable bonds is 2. The first-order valence-electron chi connectivity index (χ1n) is 4.18. The zero-order valence-electron chi connectivity index (χ0n) is 7.34. The zero-order chi connectivity index (χ0) is 9.26. The topological polar surface area (TPSA) is 41.6 Å². The molecule has 1 heterocycles. The number of H-pyrrole nitrogens is 1. The molecule has 68 valence electrons. The van der Waals surface area contributed by atoms with Crippen LogP contribution in [0.1, 0.15) is 11.1 Å². The normalized spacial score (nSPS) is 10.9. The van der Waals surface area contributed by atoms with Crippen molar-refractivity contribution in [3.8, 4) is 0 Å². The molecule has 0 aliphatic heterocycles. The van der Waals surface area contributed by atoms with Gasteiger partial charge < -0.3 is 0 Å². The highest BCUT2D eigenvalue weighted by molar-refractivity contribution is 9.09. The van der Waals surface area contributed by atoms with Crippen molar-refractivity contribution in [2.24, 2.45) is 0 Å². The van der Waals surface area contributed by atoms with Gasteiger partial charge >= 0.3 is 0 Å². The Bertz CT molecular complexity index is 422. The molecule has 0 fully saturated rings. The van der Waals surface area contributed by atoms with Crippen LogP contribution in [0.15, 0.2) is 12.1 Å². The molecule has 0 saturated carbocycles. The molecule has 0 amide bonds. The van der Waals surface area contributed by atoms with Gasteiger partial charge in [-0.15, -0.1) is 0 Å². The Hall–Kier alpha value is -0.900. The number of nitrogens with one attached hydrogen (secondary N) is 1. The van der Waals surface area contributed by atoms with E-state index in [-0.39, 0.29) is 0 Å². The Morgan fingerprint density at radius 1 is 1.38 bits per heavy atom. The second-order valence-corrected chi connectivity index (χ2v) is 3.77. The van der Waals surface area contributed by atoms with Gasteiger partial charge in [0.15, 0.2) is 0 Å². The maximum absolute atomic E-state index is 4.11. The highest BCUT2D eigenvalue weighted by atomic mass is 79.9. The van der Waals surface area contributed by atoms with Crippen molar-refractivity contribution < 1.29 is 0 Å². The van der Waals surface area contributed by atoms with Gasteiger partial charge in [0.2, 0.25) is 0 Å². The molecule has 4 heteroatoms. The molecule has 0 aliphatic carbocycles. The molecule has 0 atom stereocenters. The first-order valence-corrected chi connectivity index (χ1v) is 5.30. The molecule has 0 aliphatic rings. The summed E-state index contributed by atoms with van der Waals surface area (Å²) in [4.78, 5) is 0. The van der Waals surface area contributed by atoms with E-state index in [9.17, 15) is 0 Å². The maximum atomic E-state index is 4.11. The van der Waals surface area contributed by atoms with Gasteiger partial charge in [-0.25, -0.2) is 0 Å². The number of fused-ring (bicyclic) bond motifs is 1. The summed E-state index contributed by atoms with van der Waals surface area (Å²) in [7, 11) is 0. The van der Waals surface area contributed by atoms with Crippen molar-refractivity contribution >= 4 is 27.0 Å². The van der Waals surface area contributed by atoms with E-state index in [1.165, 1.54) is 11.1 Å². The van der Waals surface area contributed by atoms with Crippen molar-refractivity contribution in [1.29, 1.82) is 0 Å². The van der Waals surface area contributed by atoms with Crippen molar-refractivity contribution in [2.75, 3.05) is 5.33 Å². The van der Waals surface area contributed by atoms with Crippen molar-refractivity contribution in [1.82, 2.24) is 15.4 Å². The number of benzene rings is 1. The summed E-state index contributed by atoms with van der Waals surface area (Å²) in [6.45, 7) is 2.09. The van der Waals surface area contributed by atoms with E-state index >= 15 is 0 Å². The van der Waals surface area contributed by atoms with E-state index in [0.29, 0.717) is 0 Å². The number of halogens is 1. The number of nitrogens with zero attached hydrogens (tertiary/aromatic N) is 2. The Labute approximate surface area is 84.7 Å². The summed E-state index contributed by atoms with van der Waals surface area (Å²) in [5.41, 5.74) is 4.48. The summed E-state index contributed by atoms with van der Waals surface area (Å²) in [6.07, 6.45) is 1.04. The van der Waals surface area contributed by atoms with Crippen LogP contribution in [0.4, 0.5) is 0 Å². The van der Waals surface area contributed by atoms with E-state index in [2.05, 4.69) is 44.3 Å². The molecule has 1 N–H and O–H groups in total. The molecule has 2 rings (SSSR count). The van der Waals surface area contributed by atoms with Gasteiger partial charge in [-0.05, 0) is 30.5 Å². The molecule has 0 saturated heterocycles. The Morgan fingerprint density at radius 2 is 2.23 bits per heavy atom. The Morgan fingerprint density at radius 3 is 3.00 bits per heavy atom. The molecule has 2 aromatic rings. The SMILES string of the molecule is Cc1c(CCBr)ccc2n[nH]nc12. The second-order valence-electron chi connectivity index (χ2n) is 2.98. The summed E-state index contributed by atoms with van der Waals surface area (Å²) in [5, 5.41) is 11.8. The fraction of sp³-hybridized carbons (Fsp3) is 0.333. The standard InChI is InChI=1S/C9H10BrN3/c1-6-7(4-5-10)2-3-8-9(6)12-13-11-8/h2-3H,4-5H2,1H3,(H,11,12,13). The van der Waals surface area contributed by atoms with Gasteiger partial charge in [0.25, 0.3) is 0 Å². The number of alkyl halides is 1. The minimum absolute atomic E-state index is 0.941. The van der Waals surface area contributed by atoms with Crippen LogP contribution < -0.4 is 0 Å². The van der Waals surface area contributed by atoms with Crippen LogP contribution in [0.5, 0.6) is 0 Å². The lowest BCUT2D eigenvalue weighted by atomic mass is 10.1. The molecular formula is C9H10BrN3. The average Bonchev–Trinajstić information content (AvgIpc) is 2.58. The third kappa shape index (κ3) is 1.46. The van der Waals surface area contributed by atoms with Crippen LogP contribution in [-0.4, -0.2) is 20.7 Å². The number of aryl methyl sites for hydroxylation is 2. The van der Waals surface area contributed by atoms with Crippen LogP contribution in [0.2, 0.25) is 0 Å². The second kappa shape index (κ2) is 3.46. The molecule has 13 heavy (non-hydrogen) atoms. The summed E-state index contributed by atoms with van der Waals surface area (Å²) >= 11 is 3.43. The number of hydrogen-bond donors (Lipinski definition) is 1. The van der Waals surface area contributed by atoms with Gasteiger partial charge in [0.1, 0.15) is 11.0 Å². The quantitative estimate of drug-likeness (QED) is 0.817. The largest absolute Gasteiger partial charge is 0.197 e. The number of aromatic amines is 1. The zero-order valence-corrected chi connectivity index (χ0v) is 8.93. The fourth-order valence-electron chi connectivity index (χ4n) is 1.46. The predicted molar refractivity (Wildman–Crippen MR) is 56.1 cm³/mol. The molecule has 0 bridgehead atoms. The maximum Gasteiger partial charge on any atom is 0.116 e. The van der Waals surface area contributed by atoms with E-state index in [1.54, 1.807) is 0 Å². The molecule has 1 aromatic carbocycles. The summed E-state index contributed by atoms with van der Waals surface area (Å²) in [6, 6.07) is 4.12. The van der Waals surface area contributed by atoms with Crippen molar-refractivity contribution in [3.05, 3.63) is 23.3 Å². The van der Waals surface area contributed by atoms with E-state index in [1.807, 2.05) is 6.07 Å². The molecule has 0 spiro atoms. The lowest BCUT2D eigenvalue weighted by molar-refractivity contribution is 0.958. The van der Waals surface area contributed by atoms with Crippen LogP contribution >= 0.6 is 15.9 Å². The van der Waals surface area contributed by atoms with Gasteiger partial charge in [-0.3, -0.25) is 0 Å². The van der Waals surface area contributed by atoms with Crippen molar-refractivity contribution in [2.45, 2.75) is 13.3 Å². The first-order chi connectivity index (χ1) is 6.33. The van der Waals surface area contributed by atoms with E-state index in [0.717, 1.165) is 22.8 Å². The van der Waals surface area contributed by atoms with Gasteiger partial charge in [0, 0.05) is 5.33 Å². The van der Waals surface area contributed by atoms with E-state index in [4.69, 9.17) is 0 Å². The van der Waals surface area contributed by atoms with Gasteiger partial charge in [-0.2, -0.15) is 15.4 Å². The molecular weight excluding hydrogens is 230 g/mol. The minimum Gasteiger partial charge on any atom is -0.197 e. The molecule has 3 nitrogen and oxygen atoms in total. The highest BCUT2D eigenvalue weighted by Crippen LogP contribution is 2.18. The summed E-state index contributed by atoms with van der Waals surface area (Å²) < 4.78 is 0. The Balaban J connectivity index is 2.59. The molecule has 0 radical (unpaired) electrons. The van der Waals surface area contributed by atoms with E-state index < -0.39 is 0 Å². The monoisotopic (exact) mass is 239 g/mol. The van der Waals surface area contributed by atoms with Gasteiger partial charge in [0.05, 0.1) is 0 Å². The predicted octanol–water partition coefficient (Wildman–Crippen LogP) is 2.20. The smallest absolute Gasteiger partial charge is 0.116 e.